The molecule has 0 radical (unpaired) electrons. The first kappa shape index (κ1) is 16.4. The molecule has 0 amide bonds. The molecule has 2 N–H and O–H groups in total. The molecule has 6 nitrogen and oxygen atoms in total. The summed E-state index contributed by atoms with van der Waals surface area (Å²) in [5.74, 6) is -0.0114. The van der Waals surface area contributed by atoms with Crippen molar-refractivity contribution in [2.45, 2.75) is 13.8 Å². The summed E-state index contributed by atoms with van der Waals surface area (Å²) in [6.07, 6.45) is 0. The van der Waals surface area contributed by atoms with Crippen LogP contribution in [0.3, 0.4) is 0 Å². The summed E-state index contributed by atoms with van der Waals surface area (Å²) in [5, 5.41) is 3.15. The topological polar surface area (TPSA) is 84.2 Å². The Morgan fingerprint density at radius 3 is 1.46 bits per heavy atom. The van der Waals surface area contributed by atoms with Crippen molar-refractivity contribution in [2.24, 2.45) is 0 Å². The highest BCUT2D eigenvalue weighted by Crippen LogP contribution is 2.48. The van der Waals surface area contributed by atoms with Gasteiger partial charge in [0.15, 0.2) is 11.5 Å². The average molecular weight is 372 g/mol. The van der Waals surface area contributed by atoms with Gasteiger partial charge in [-0.15, -0.1) is 0 Å². The Bertz CT molecular complexity index is 1310. The van der Waals surface area contributed by atoms with Crippen molar-refractivity contribution in [3.63, 3.8) is 0 Å². The van der Waals surface area contributed by atoms with Gasteiger partial charge in [-0.2, -0.15) is 0 Å². The zero-order valence-corrected chi connectivity index (χ0v) is 15.3. The van der Waals surface area contributed by atoms with Crippen molar-refractivity contribution in [2.75, 3.05) is 0 Å². The number of carbonyl (C=O) groups is 2. The van der Waals surface area contributed by atoms with Crippen molar-refractivity contribution >= 4 is 55.6 Å². The highest BCUT2D eigenvalue weighted by atomic mass is 16.5. The zero-order valence-electron chi connectivity index (χ0n) is 15.3. The molecule has 0 saturated heterocycles. The number of para-hydroxylation sites is 2. The van der Waals surface area contributed by atoms with Gasteiger partial charge < -0.3 is 19.4 Å². The van der Waals surface area contributed by atoms with Gasteiger partial charge in [-0.25, -0.2) is 0 Å². The van der Waals surface area contributed by atoms with Crippen LogP contribution in [0, 0.1) is 0 Å². The lowest BCUT2D eigenvalue weighted by Gasteiger charge is -2.11. The highest BCUT2D eigenvalue weighted by Gasteiger charge is 2.25. The number of aromatic amines is 2. The van der Waals surface area contributed by atoms with Gasteiger partial charge in [-0.3, -0.25) is 9.59 Å². The molecular weight excluding hydrogens is 356 g/mol. The van der Waals surface area contributed by atoms with Crippen LogP contribution < -0.4 is 9.47 Å². The molecule has 0 unspecified atom stereocenters. The number of fused-ring (bicyclic) bond motifs is 6. The van der Waals surface area contributed by atoms with Crippen LogP contribution in [0.25, 0.3) is 43.6 Å². The molecule has 28 heavy (non-hydrogen) atoms. The molecule has 3 aromatic carbocycles. The summed E-state index contributed by atoms with van der Waals surface area (Å²) >= 11 is 0. The van der Waals surface area contributed by atoms with E-state index in [0.717, 1.165) is 21.8 Å². The third-order valence-electron chi connectivity index (χ3n) is 4.81. The number of ether oxygens (including phenoxy) is 2. The van der Waals surface area contributed by atoms with Crippen molar-refractivity contribution in [3.05, 3.63) is 48.5 Å². The van der Waals surface area contributed by atoms with E-state index in [1.165, 1.54) is 13.8 Å². The molecule has 0 bridgehead atoms. The minimum Gasteiger partial charge on any atom is -0.424 e. The monoisotopic (exact) mass is 372 g/mol. The number of H-pyrrole nitrogens is 2. The van der Waals surface area contributed by atoms with E-state index in [-0.39, 0.29) is 0 Å². The Hall–Kier alpha value is -3.80. The van der Waals surface area contributed by atoms with Gasteiger partial charge >= 0.3 is 11.9 Å². The number of benzene rings is 3. The van der Waals surface area contributed by atoms with Crippen molar-refractivity contribution < 1.29 is 19.1 Å². The second-order valence-corrected chi connectivity index (χ2v) is 6.69. The Labute approximate surface area is 159 Å². The summed E-state index contributed by atoms with van der Waals surface area (Å²) in [6, 6.07) is 15.4. The van der Waals surface area contributed by atoms with Crippen LogP contribution in [0.4, 0.5) is 0 Å². The summed E-state index contributed by atoms with van der Waals surface area (Å²) < 4.78 is 11.3. The lowest BCUT2D eigenvalue weighted by atomic mass is 10.1. The molecule has 2 aromatic heterocycles. The number of carbonyl (C=O) groups excluding carboxylic acids is 2. The number of nitrogens with one attached hydrogen (secondary N) is 2. The maximum atomic E-state index is 11.9. The van der Waals surface area contributed by atoms with E-state index in [9.17, 15) is 9.59 Å². The molecule has 5 rings (SSSR count). The van der Waals surface area contributed by atoms with Crippen LogP contribution in [0.1, 0.15) is 13.8 Å². The van der Waals surface area contributed by atoms with E-state index < -0.39 is 11.9 Å². The quantitative estimate of drug-likeness (QED) is 0.344. The van der Waals surface area contributed by atoms with Crippen LogP contribution in [-0.2, 0) is 9.59 Å². The van der Waals surface area contributed by atoms with Gasteiger partial charge in [0.2, 0.25) is 0 Å². The zero-order chi connectivity index (χ0) is 19.4. The molecular formula is C22H16N2O4. The van der Waals surface area contributed by atoms with Gasteiger partial charge in [0.05, 0.1) is 21.8 Å². The SMILES string of the molecule is CC(=O)Oc1c2[nH]c3ccccc3c2c(OC(C)=O)c2[nH]c3ccccc3c12. The minimum atomic E-state index is -0.424. The molecule has 5 aromatic rings. The summed E-state index contributed by atoms with van der Waals surface area (Å²) in [6.45, 7) is 2.74. The Balaban J connectivity index is 2.09. The number of hydrogen-bond acceptors (Lipinski definition) is 4. The number of esters is 2. The molecule has 0 aliphatic rings. The second-order valence-electron chi connectivity index (χ2n) is 6.69. The minimum absolute atomic E-state index is 0.419. The summed E-state index contributed by atoms with van der Waals surface area (Å²) in [5.41, 5.74) is 2.95. The molecule has 0 atom stereocenters. The van der Waals surface area contributed by atoms with E-state index in [2.05, 4.69) is 9.97 Å². The first-order valence-corrected chi connectivity index (χ1v) is 8.88. The molecule has 6 heteroatoms. The van der Waals surface area contributed by atoms with E-state index in [4.69, 9.17) is 9.47 Å². The van der Waals surface area contributed by atoms with Gasteiger partial charge in [0.1, 0.15) is 0 Å². The largest absolute Gasteiger partial charge is 0.424 e. The lowest BCUT2D eigenvalue weighted by molar-refractivity contribution is -0.132. The first-order chi connectivity index (χ1) is 13.5. The van der Waals surface area contributed by atoms with Gasteiger partial charge in [-0.05, 0) is 12.1 Å². The van der Waals surface area contributed by atoms with E-state index in [1.54, 1.807) is 0 Å². The third-order valence-corrected chi connectivity index (χ3v) is 4.81. The predicted molar refractivity (Wildman–Crippen MR) is 108 cm³/mol. The van der Waals surface area contributed by atoms with Gasteiger partial charge in [0, 0.05) is 35.7 Å². The van der Waals surface area contributed by atoms with Crippen molar-refractivity contribution in [3.8, 4) is 11.5 Å². The maximum absolute atomic E-state index is 11.9. The van der Waals surface area contributed by atoms with Crippen LogP contribution in [0.5, 0.6) is 11.5 Å². The molecule has 2 heterocycles. The molecule has 138 valence electrons. The summed E-state index contributed by atoms with van der Waals surface area (Å²) in [7, 11) is 0. The van der Waals surface area contributed by atoms with Crippen LogP contribution in [-0.4, -0.2) is 21.9 Å². The molecule has 0 saturated carbocycles. The van der Waals surface area contributed by atoms with E-state index in [0.29, 0.717) is 33.3 Å². The Morgan fingerprint density at radius 2 is 1.07 bits per heavy atom. The fourth-order valence-corrected chi connectivity index (χ4v) is 3.84. The van der Waals surface area contributed by atoms with E-state index >= 15 is 0 Å². The molecule has 0 fully saturated rings. The second kappa shape index (κ2) is 5.85. The highest BCUT2D eigenvalue weighted by molar-refractivity contribution is 6.25. The lowest BCUT2D eigenvalue weighted by Crippen LogP contribution is -2.05. The van der Waals surface area contributed by atoms with Gasteiger partial charge in [0.25, 0.3) is 0 Å². The smallest absolute Gasteiger partial charge is 0.308 e. The standard InChI is InChI=1S/C22H16N2O4/c1-11(25)27-21-17-13-7-3-5-9-15(13)24-20(17)22(28-12(2)26)18-14-8-4-6-10-16(14)23-19(18)21/h3-10,23-24H,1-2H3. The first-order valence-electron chi connectivity index (χ1n) is 8.88. The van der Waals surface area contributed by atoms with E-state index in [1.807, 2.05) is 48.5 Å². The average Bonchev–Trinajstić information content (AvgIpc) is 3.23. The Morgan fingerprint density at radius 1 is 0.679 bits per heavy atom. The van der Waals surface area contributed by atoms with Crippen molar-refractivity contribution in [1.82, 2.24) is 9.97 Å². The normalized spacial score (nSPS) is 11.5. The van der Waals surface area contributed by atoms with Crippen LogP contribution in [0.2, 0.25) is 0 Å². The molecule has 0 aliphatic carbocycles. The number of hydrogen-bond donors (Lipinski definition) is 2. The molecule has 0 spiro atoms. The van der Waals surface area contributed by atoms with Crippen molar-refractivity contribution in [1.29, 1.82) is 0 Å². The number of rotatable bonds is 2. The maximum Gasteiger partial charge on any atom is 0.308 e. The fourth-order valence-electron chi connectivity index (χ4n) is 3.84. The van der Waals surface area contributed by atoms with Gasteiger partial charge in [-0.1, -0.05) is 36.4 Å². The predicted octanol–water partition coefficient (Wildman–Crippen LogP) is 4.81. The van der Waals surface area contributed by atoms with Crippen LogP contribution in [0.15, 0.2) is 48.5 Å². The molecule has 0 aliphatic heterocycles. The number of aromatic nitrogens is 2. The third kappa shape index (κ3) is 2.28. The van der Waals surface area contributed by atoms with Crippen LogP contribution >= 0.6 is 0 Å². The summed E-state index contributed by atoms with van der Waals surface area (Å²) in [4.78, 5) is 30.5. The fraction of sp³-hybridized carbons (Fsp3) is 0.0909. The Kier molecular flexibility index (Phi) is 3.42.